The average molecular weight is 285 g/mol. The molecular formula is C15H13ClN4. The summed E-state index contributed by atoms with van der Waals surface area (Å²) in [4.78, 5) is 4.45. The normalized spacial score (nSPS) is 11.6. The van der Waals surface area contributed by atoms with Crippen LogP contribution in [0.15, 0.2) is 52.8 Å². The molecule has 3 rings (SSSR count). The second-order valence-electron chi connectivity index (χ2n) is 4.53. The largest absolute Gasteiger partial charge is 0.283 e. The molecule has 20 heavy (non-hydrogen) atoms. The third-order valence-corrected chi connectivity index (χ3v) is 3.57. The smallest absolute Gasteiger partial charge is 0.182 e. The van der Waals surface area contributed by atoms with E-state index in [2.05, 4.69) is 15.2 Å². The van der Waals surface area contributed by atoms with Gasteiger partial charge in [0.2, 0.25) is 0 Å². The molecule has 0 spiro atoms. The first kappa shape index (κ1) is 12.8. The Kier molecular flexibility index (Phi) is 3.24. The fraction of sp³-hybridized carbons (Fsp3) is 0.133. The highest BCUT2D eigenvalue weighted by Crippen LogP contribution is 2.28. The topological polar surface area (TPSA) is 42.0 Å². The maximum atomic E-state index is 6.08. The molecule has 0 amide bonds. The van der Waals surface area contributed by atoms with E-state index in [1.54, 1.807) is 0 Å². The zero-order valence-corrected chi connectivity index (χ0v) is 12.0. The Labute approximate surface area is 121 Å². The SMILES string of the molecule is Cc1nc2ccccn2c1N=Nc1cccc(Cl)c1C. The molecule has 2 aromatic heterocycles. The number of azo groups is 1. The number of hydrogen-bond donors (Lipinski definition) is 0. The van der Waals surface area contributed by atoms with Crippen LogP contribution in [0.25, 0.3) is 5.65 Å². The van der Waals surface area contributed by atoms with Gasteiger partial charge in [0.05, 0.1) is 11.4 Å². The molecule has 5 heteroatoms. The van der Waals surface area contributed by atoms with E-state index in [1.165, 1.54) is 0 Å². The highest BCUT2D eigenvalue weighted by atomic mass is 35.5. The minimum atomic E-state index is 0.691. The monoisotopic (exact) mass is 284 g/mol. The number of aromatic nitrogens is 2. The molecule has 0 N–H and O–H groups in total. The molecule has 0 saturated heterocycles. The molecule has 0 aliphatic carbocycles. The average Bonchev–Trinajstić information content (AvgIpc) is 2.76. The van der Waals surface area contributed by atoms with Gasteiger partial charge in [0.15, 0.2) is 5.82 Å². The molecule has 2 heterocycles. The fourth-order valence-electron chi connectivity index (χ4n) is 2.03. The van der Waals surface area contributed by atoms with E-state index in [0.29, 0.717) is 5.02 Å². The molecule has 0 aliphatic heterocycles. The van der Waals surface area contributed by atoms with Crippen molar-refractivity contribution in [2.24, 2.45) is 10.2 Å². The third-order valence-electron chi connectivity index (χ3n) is 3.16. The van der Waals surface area contributed by atoms with Crippen LogP contribution in [0.1, 0.15) is 11.3 Å². The maximum absolute atomic E-state index is 6.08. The van der Waals surface area contributed by atoms with E-state index in [-0.39, 0.29) is 0 Å². The molecule has 0 unspecified atom stereocenters. The second-order valence-corrected chi connectivity index (χ2v) is 4.94. The zero-order chi connectivity index (χ0) is 14.1. The molecule has 0 atom stereocenters. The van der Waals surface area contributed by atoms with Crippen molar-refractivity contribution < 1.29 is 0 Å². The predicted octanol–water partition coefficient (Wildman–Crippen LogP) is 5.02. The summed E-state index contributed by atoms with van der Waals surface area (Å²) in [5.41, 5.74) is 3.40. The van der Waals surface area contributed by atoms with Gasteiger partial charge in [0, 0.05) is 11.2 Å². The molecule has 100 valence electrons. The Hall–Kier alpha value is -2.20. The Morgan fingerprint density at radius 2 is 1.90 bits per heavy atom. The van der Waals surface area contributed by atoms with Gasteiger partial charge in [0.25, 0.3) is 0 Å². The number of imidazole rings is 1. The third kappa shape index (κ3) is 2.18. The van der Waals surface area contributed by atoms with Crippen molar-refractivity contribution in [3.8, 4) is 0 Å². The molecule has 0 aliphatic rings. The van der Waals surface area contributed by atoms with Crippen LogP contribution in [0.5, 0.6) is 0 Å². The summed E-state index contributed by atoms with van der Waals surface area (Å²) in [6.45, 7) is 3.85. The van der Waals surface area contributed by atoms with Crippen LogP contribution in [-0.4, -0.2) is 9.38 Å². The van der Waals surface area contributed by atoms with Crippen LogP contribution < -0.4 is 0 Å². The lowest BCUT2D eigenvalue weighted by atomic mass is 10.2. The minimum Gasteiger partial charge on any atom is -0.283 e. The Bertz CT molecular complexity index is 805. The van der Waals surface area contributed by atoms with Crippen LogP contribution in [0.3, 0.4) is 0 Å². The number of pyridine rings is 1. The quantitative estimate of drug-likeness (QED) is 0.609. The van der Waals surface area contributed by atoms with E-state index in [9.17, 15) is 0 Å². The van der Waals surface area contributed by atoms with Crippen molar-refractivity contribution in [2.45, 2.75) is 13.8 Å². The van der Waals surface area contributed by atoms with E-state index in [4.69, 9.17) is 11.6 Å². The highest BCUT2D eigenvalue weighted by molar-refractivity contribution is 6.31. The zero-order valence-electron chi connectivity index (χ0n) is 11.2. The first-order valence-electron chi connectivity index (χ1n) is 6.27. The summed E-state index contributed by atoms with van der Waals surface area (Å²) in [6, 6.07) is 11.4. The summed E-state index contributed by atoms with van der Waals surface area (Å²) < 4.78 is 1.92. The van der Waals surface area contributed by atoms with Crippen molar-refractivity contribution >= 4 is 28.8 Å². The lowest BCUT2D eigenvalue weighted by molar-refractivity contribution is 1.09. The minimum absolute atomic E-state index is 0.691. The fourth-order valence-corrected chi connectivity index (χ4v) is 2.20. The summed E-state index contributed by atoms with van der Waals surface area (Å²) >= 11 is 6.08. The first-order valence-corrected chi connectivity index (χ1v) is 6.65. The Morgan fingerprint density at radius 3 is 2.75 bits per heavy atom. The number of nitrogens with zero attached hydrogens (tertiary/aromatic N) is 4. The van der Waals surface area contributed by atoms with Gasteiger partial charge in [-0.2, -0.15) is 0 Å². The van der Waals surface area contributed by atoms with Gasteiger partial charge in [-0.05, 0) is 43.7 Å². The van der Waals surface area contributed by atoms with Crippen molar-refractivity contribution in [3.63, 3.8) is 0 Å². The van der Waals surface area contributed by atoms with Crippen LogP contribution in [-0.2, 0) is 0 Å². The molecule has 0 saturated carbocycles. The van der Waals surface area contributed by atoms with Crippen molar-refractivity contribution in [1.29, 1.82) is 0 Å². The molecular weight excluding hydrogens is 272 g/mol. The van der Waals surface area contributed by atoms with E-state index < -0.39 is 0 Å². The van der Waals surface area contributed by atoms with Gasteiger partial charge in [-0.25, -0.2) is 4.98 Å². The van der Waals surface area contributed by atoms with Gasteiger partial charge in [-0.1, -0.05) is 23.7 Å². The van der Waals surface area contributed by atoms with Crippen molar-refractivity contribution in [1.82, 2.24) is 9.38 Å². The number of halogens is 1. The lowest BCUT2D eigenvalue weighted by Gasteiger charge is -2.00. The Balaban J connectivity index is 2.07. The van der Waals surface area contributed by atoms with Crippen molar-refractivity contribution in [3.05, 3.63) is 58.9 Å². The molecule has 4 nitrogen and oxygen atoms in total. The summed E-state index contributed by atoms with van der Waals surface area (Å²) in [7, 11) is 0. The summed E-state index contributed by atoms with van der Waals surface area (Å²) in [5, 5.41) is 9.32. The van der Waals surface area contributed by atoms with E-state index in [0.717, 1.165) is 28.4 Å². The Morgan fingerprint density at radius 1 is 1.05 bits per heavy atom. The number of aryl methyl sites for hydroxylation is 1. The molecule has 3 aromatic rings. The molecule has 0 fully saturated rings. The van der Waals surface area contributed by atoms with Gasteiger partial charge < -0.3 is 0 Å². The number of rotatable bonds is 2. The number of hydrogen-bond acceptors (Lipinski definition) is 3. The lowest BCUT2D eigenvalue weighted by Crippen LogP contribution is -1.81. The molecule has 0 bridgehead atoms. The maximum Gasteiger partial charge on any atom is 0.182 e. The van der Waals surface area contributed by atoms with Gasteiger partial charge >= 0.3 is 0 Å². The van der Waals surface area contributed by atoms with Crippen LogP contribution in [0.4, 0.5) is 11.5 Å². The molecule has 1 aromatic carbocycles. The standard InChI is InChI=1S/C15H13ClN4/c1-10-12(16)6-5-7-13(10)18-19-15-11(2)17-14-8-3-4-9-20(14)15/h3-9H,1-2H3. The van der Waals surface area contributed by atoms with E-state index in [1.807, 2.05) is 60.8 Å². The van der Waals surface area contributed by atoms with E-state index >= 15 is 0 Å². The van der Waals surface area contributed by atoms with Gasteiger partial charge in [-0.15, -0.1) is 10.2 Å². The van der Waals surface area contributed by atoms with Gasteiger partial charge in [0.1, 0.15) is 5.65 Å². The predicted molar refractivity (Wildman–Crippen MR) is 80.3 cm³/mol. The second kappa shape index (κ2) is 5.06. The number of benzene rings is 1. The molecule has 0 radical (unpaired) electrons. The summed E-state index contributed by atoms with van der Waals surface area (Å²) in [5.74, 6) is 0.736. The first-order chi connectivity index (χ1) is 9.66. The summed E-state index contributed by atoms with van der Waals surface area (Å²) in [6.07, 6.45) is 1.93. The number of fused-ring (bicyclic) bond motifs is 1. The highest BCUT2D eigenvalue weighted by Gasteiger charge is 2.07. The van der Waals surface area contributed by atoms with Crippen LogP contribution in [0.2, 0.25) is 5.02 Å². The van der Waals surface area contributed by atoms with Crippen LogP contribution in [0, 0.1) is 13.8 Å². The van der Waals surface area contributed by atoms with Gasteiger partial charge in [-0.3, -0.25) is 4.40 Å². The van der Waals surface area contributed by atoms with Crippen molar-refractivity contribution in [2.75, 3.05) is 0 Å². The van der Waals surface area contributed by atoms with Crippen LogP contribution >= 0.6 is 11.6 Å².